The zero-order chi connectivity index (χ0) is 14.0. The van der Waals surface area contributed by atoms with Crippen LogP contribution in [0.3, 0.4) is 0 Å². The number of ether oxygens (including phenoxy) is 1. The topological polar surface area (TPSA) is 93.0 Å². The van der Waals surface area contributed by atoms with Gasteiger partial charge in [-0.05, 0) is 19.1 Å². The Morgan fingerprint density at radius 2 is 2.26 bits per heavy atom. The molecule has 1 amide bonds. The monoisotopic (exact) mass is 280 g/mol. The molecule has 2 aromatic rings. The lowest BCUT2D eigenvalue weighted by atomic mass is 10.2. The fourth-order valence-corrected chi connectivity index (χ4v) is 1.86. The van der Waals surface area contributed by atoms with E-state index in [9.17, 15) is 4.79 Å². The molecule has 2 rings (SSSR count). The lowest BCUT2D eigenvalue weighted by Crippen LogP contribution is -2.14. The van der Waals surface area contributed by atoms with Crippen LogP contribution >= 0.6 is 11.6 Å². The zero-order valence-electron chi connectivity index (χ0n) is 10.5. The van der Waals surface area contributed by atoms with Crippen molar-refractivity contribution < 1.29 is 9.53 Å². The van der Waals surface area contributed by atoms with Gasteiger partial charge in [-0.3, -0.25) is 9.89 Å². The summed E-state index contributed by atoms with van der Waals surface area (Å²) in [6.07, 6.45) is 0. The number of hydrogen-bond donors (Lipinski definition) is 3. The fourth-order valence-electron chi connectivity index (χ4n) is 1.67. The summed E-state index contributed by atoms with van der Waals surface area (Å²) in [6, 6.07) is 4.95. The summed E-state index contributed by atoms with van der Waals surface area (Å²) in [5, 5.41) is 9.61. The van der Waals surface area contributed by atoms with Gasteiger partial charge in [0.05, 0.1) is 12.1 Å². The lowest BCUT2D eigenvalue weighted by molar-refractivity contribution is 0.102. The molecule has 100 valence electrons. The molecule has 0 aliphatic heterocycles. The van der Waals surface area contributed by atoms with E-state index >= 15 is 0 Å². The van der Waals surface area contributed by atoms with Crippen molar-refractivity contribution in [2.75, 3.05) is 18.2 Å². The number of carbonyl (C=O) groups is 1. The van der Waals surface area contributed by atoms with Crippen LogP contribution in [0.2, 0.25) is 5.02 Å². The highest BCUT2D eigenvalue weighted by Gasteiger charge is 2.16. The van der Waals surface area contributed by atoms with Gasteiger partial charge in [0.15, 0.2) is 5.82 Å². The maximum Gasteiger partial charge on any atom is 0.261 e. The average Bonchev–Trinajstić information content (AvgIpc) is 2.71. The van der Waals surface area contributed by atoms with Crippen molar-refractivity contribution >= 4 is 29.0 Å². The minimum Gasteiger partial charge on any atom is -0.495 e. The van der Waals surface area contributed by atoms with Gasteiger partial charge >= 0.3 is 0 Å². The molecule has 0 spiro atoms. The second kappa shape index (κ2) is 5.19. The molecule has 19 heavy (non-hydrogen) atoms. The Labute approximate surface area is 114 Å². The van der Waals surface area contributed by atoms with E-state index < -0.39 is 0 Å². The van der Waals surface area contributed by atoms with Gasteiger partial charge in [0.25, 0.3) is 5.91 Å². The molecule has 0 bridgehead atoms. The quantitative estimate of drug-likeness (QED) is 0.803. The van der Waals surface area contributed by atoms with Gasteiger partial charge < -0.3 is 15.8 Å². The number of nitrogens with one attached hydrogen (secondary N) is 2. The van der Waals surface area contributed by atoms with Crippen LogP contribution in [0.25, 0.3) is 0 Å². The van der Waals surface area contributed by atoms with Crippen molar-refractivity contribution in [2.45, 2.75) is 6.92 Å². The number of carbonyl (C=O) groups excluding carboxylic acids is 1. The Kier molecular flexibility index (Phi) is 3.62. The van der Waals surface area contributed by atoms with Gasteiger partial charge in [-0.1, -0.05) is 11.6 Å². The number of hydrogen-bond acceptors (Lipinski definition) is 4. The Morgan fingerprint density at radius 3 is 2.84 bits per heavy atom. The van der Waals surface area contributed by atoms with Crippen molar-refractivity contribution in [1.29, 1.82) is 0 Å². The van der Waals surface area contributed by atoms with E-state index in [0.717, 1.165) is 0 Å². The Morgan fingerprint density at radius 1 is 1.53 bits per heavy atom. The normalized spacial score (nSPS) is 10.3. The largest absolute Gasteiger partial charge is 0.495 e. The zero-order valence-corrected chi connectivity index (χ0v) is 11.2. The number of benzene rings is 1. The molecule has 0 atom stereocenters. The minimum absolute atomic E-state index is 0.163. The second-order valence-corrected chi connectivity index (χ2v) is 4.32. The SMILES string of the molecule is COc1cc(NC(=O)c2c(N)n[nH]c2C)ccc1Cl. The standard InChI is InChI=1S/C12H13ClN4O2/c1-6-10(11(14)17-16-6)12(18)15-7-3-4-8(13)9(5-7)19-2/h3-5H,1-2H3,(H,15,18)(H3,14,16,17). The number of nitrogen functional groups attached to an aromatic ring is 1. The predicted molar refractivity (Wildman–Crippen MR) is 73.7 cm³/mol. The first-order valence-corrected chi connectivity index (χ1v) is 5.86. The van der Waals surface area contributed by atoms with Crippen LogP contribution in [-0.4, -0.2) is 23.2 Å². The molecule has 6 nitrogen and oxygen atoms in total. The van der Waals surface area contributed by atoms with Crippen LogP contribution in [0.1, 0.15) is 16.1 Å². The summed E-state index contributed by atoms with van der Waals surface area (Å²) in [5.74, 6) is 0.306. The van der Waals surface area contributed by atoms with Crippen LogP contribution in [-0.2, 0) is 0 Å². The Bertz CT molecular complexity index is 605. The fraction of sp³-hybridized carbons (Fsp3) is 0.167. The van der Waals surface area contributed by atoms with E-state index in [1.165, 1.54) is 7.11 Å². The maximum atomic E-state index is 12.1. The lowest BCUT2D eigenvalue weighted by Gasteiger charge is -2.08. The van der Waals surface area contributed by atoms with Crippen molar-refractivity contribution in [3.05, 3.63) is 34.5 Å². The second-order valence-electron chi connectivity index (χ2n) is 3.91. The van der Waals surface area contributed by atoms with Gasteiger partial charge in [0, 0.05) is 17.4 Å². The highest BCUT2D eigenvalue weighted by atomic mass is 35.5. The highest BCUT2D eigenvalue weighted by Crippen LogP contribution is 2.27. The van der Waals surface area contributed by atoms with Crippen LogP contribution in [0, 0.1) is 6.92 Å². The molecule has 1 heterocycles. The predicted octanol–water partition coefficient (Wildman–Crippen LogP) is 2.21. The number of amides is 1. The summed E-state index contributed by atoms with van der Waals surface area (Å²) in [5.41, 5.74) is 7.12. The number of anilines is 2. The highest BCUT2D eigenvalue weighted by molar-refractivity contribution is 6.32. The molecule has 0 aliphatic carbocycles. The molecule has 0 saturated carbocycles. The molecule has 1 aromatic heterocycles. The molecule has 4 N–H and O–H groups in total. The third-order valence-electron chi connectivity index (χ3n) is 2.61. The number of rotatable bonds is 3. The average molecular weight is 281 g/mol. The first kappa shape index (κ1) is 13.2. The molecule has 1 aromatic carbocycles. The van der Waals surface area contributed by atoms with E-state index in [4.69, 9.17) is 22.1 Å². The van der Waals surface area contributed by atoms with Crippen LogP contribution in [0.15, 0.2) is 18.2 Å². The first-order chi connectivity index (χ1) is 9.02. The van der Waals surface area contributed by atoms with E-state index in [1.54, 1.807) is 25.1 Å². The molecular weight excluding hydrogens is 268 g/mol. The summed E-state index contributed by atoms with van der Waals surface area (Å²) in [4.78, 5) is 12.1. The smallest absolute Gasteiger partial charge is 0.261 e. The third kappa shape index (κ3) is 2.63. The molecule has 0 unspecified atom stereocenters. The van der Waals surface area contributed by atoms with Crippen molar-refractivity contribution in [2.24, 2.45) is 0 Å². The summed E-state index contributed by atoms with van der Waals surface area (Å²) in [6.45, 7) is 1.72. The molecule has 0 aliphatic rings. The third-order valence-corrected chi connectivity index (χ3v) is 2.92. The summed E-state index contributed by atoms with van der Waals surface area (Å²) >= 11 is 5.91. The number of aryl methyl sites for hydroxylation is 1. The van der Waals surface area contributed by atoms with Gasteiger partial charge in [-0.25, -0.2) is 0 Å². The van der Waals surface area contributed by atoms with Gasteiger partial charge in [0.2, 0.25) is 0 Å². The van der Waals surface area contributed by atoms with Gasteiger partial charge in [-0.15, -0.1) is 0 Å². The molecule has 0 fully saturated rings. The van der Waals surface area contributed by atoms with Crippen LogP contribution in [0.5, 0.6) is 5.75 Å². The first-order valence-electron chi connectivity index (χ1n) is 5.48. The van der Waals surface area contributed by atoms with Gasteiger partial charge in [-0.2, -0.15) is 5.10 Å². The molecular formula is C12H13ClN4O2. The van der Waals surface area contributed by atoms with E-state index in [1.807, 2.05) is 0 Å². The van der Waals surface area contributed by atoms with Gasteiger partial charge in [0.1, 0.15) is 11.3 Å². The van der Waals surface area contributed by atoms with E-state index in [2.05, 4.69) is 15.5 Å². The Hall–Kier alpha value is -2.21. The molecule has 7 heteroatoms. The maximum absolute atomic E-state index is 12.1. The van der Waals surface area contributed by atoms with E-state index in [-0.39, 0.29) is 11.7 Å². The minimum atomic E-state index is -0.340. The Balaban J connectivity index is 2.24. The van der Waals surface area contributed by atoms with Crippen molar-refractivity contribution in [3.63, 3.8) is 0 Å². The summed E-state index contributed by atoms with van der Waals surface area (Å²) in [7, 11) is 1.50. The number of nitrogens with two attached hydrogens (primary N) is 1. The van der Waals surface area contributed by atoms with E-state index in [0.29, 0.717) is 27.7 Å². The molecule has 0 saturated heterocycles. The number of methoxy groups -OCH3 is 1. The molecule has 0 radical (unpaired) electrons. The van der Waals surface area contributed by atoms with Crippen LogP contribution in [0.4, 0.5) is 11.5 Å². The number of H-pyrrole nitrogens is 1. The summed E-state index contributed by atoms with van der Waals surface area (Å²) < 4.78 is 5.08. The van der Waals surface area contributed by atoms with Crippen molar-refractivity contribution in [3.8, 4) is 5.75 Å². The number of aromatic amines is 1. The number of nitrogens with zero attached hydrogens (tertiary/aromatic N) is 1. The number of aromatic nitrogens is 2. The van der Waals surface area contributed by atoms with Crippen molar-refractivity contribution in [1.82, 2.24) is 10.2 Å². The number of halogens is 1. The van der Waals surface area contributed by atoms with Crippen LogP contribution < -0.4 is 15.8 Å².